The van der Waals surface area contributed by atoms with Crippen molar-refractivity contribution < 1.29 is 23.5 Å². The summed E-state index contributed by atoms with van der Waals surface area (Å²) >= 11 is 0. The number of piperidine rings is 1. The van der Waals surface area contributed by atoms with Crippen LogP contribution in [0.25, 0.3) is 0 Å². The van der Waals surface area contributed by atoms with Gasteiger partial charge in [0.15, 0.2) is 0 Å². The fourth-order valence-electron chi connectivity index (χ4n) is 5.30. The van der Waals surface area contributed by atoms with Crippen LogP contribution < -0.4 is 10.1 Å². The second-order valence-corrected chi connectivity index (χ2v) is 9.69. The van der Waals surface area contributed by atoms with E-state index in [0.717, 1.165) is 18.4 Å². The number of carbonyl (C=O) groups excluding carboxylic acids is 3. The third-order valence-corrected chi connectivity index (χ3v) is 7.41. The molecule has 0 spiro atoms. The van der Waals surface area contributed by atoms with Crippen LogP contribution in [0.5, 0.6) is 5.88 Å². The van der Waals surface area contributed by atoms with Gasteiger partial charge >= 0.3 is 6.03 Å². The topological polar surface area (TPSA) is 91.8 Å². The van der Waals surface area contributed by atoms with Gasteiger partial charge in [0.25, 0.3) is 11.8 Å². The van der Waals surface area contributed by atoms with E-state index in [1.165, 1.54) is 24.1 Å². The zero-order valence-electron chi connectivity index (χ0n) is 19.7. The van der Waals surface area contributed by atoms with Crippen LogP contribution >= 0.6 is 0 Å². The van der Waals surface area contributed by atoms with Crippen molar-refractivity contribution in [2.75, 3.05) is 26.7 Å². The number of hydrogen-bond donors (Lipinski definition) is 1. The summed E-state index contributed by atoms with van der Waals surface area (Å²) in [7, 11) is 1.48. The van der Waals surface area contributed by atoms with E-state index < -0.39 is 5.54 Å². The number of halogens is 1. The molecule has 1 N–H and O–H groups in total. The van der Waals surface area contributed by atoms with E-state index in [4.69, 9.17) is 4.74 Å². The maximum atomic E-state index is 13.8. The first kappa shape index (κ1) is 23.3. The monoisotopic (exact) mass is 480 g/mol. The molecule has 1 saturated carbocycles. The number of likely N-dealkylation sites (tertiary alicyclic amines) is 1. The van der Waals surface area contributed by atoms with Crippen molar-refractivity contribution in [1.82, 2.24) is 20.1 Å². The molecule has 2 aromatic rings. The Morgan fingerprint density at radius 1 is 1.14 bits per heavy atom. The molecule has 2 saturated heterocycles. The quantitative estimate of drug-likeness (QED) is 0.615. The SMILES string of the molecule is COc1ncccc1C(=O)N1CCC([C@]2(Cc3ccc(F)cc3)NC(=O)N(CC3CC3)C2=O)CC1. The third kappa shape index (κ3) is 4.47. The van der Waals surface area contributed by atoms with E-state index in [1.807, 2.05) is 0 Å². The molecule has 3 aliphatic rings. The molecule has 1 aromatic carbocycles. The van der Waals surface area contributed by atoms with Crippen LogP contribution in [0.3, 0.4) is 0 Å². The summed E-state index contributed by atoms with van der Waals surface area (Å²) in [6, 6.07) is 9.08. The van der Waals surface area contributed by atoms with Gasteiger partial charge in [-0.05, 0) is 67.3 Å². The number of pyridine rings is 1. The first-order chi connectivity index (χ1) is 16.9. The van der Waals surface area contributed by atoms with Gasteiger partial charge in [-0.1, -0.05) is 12.1 Å². The average molecular weight is 481 g/mol. The lowest BCUT2D eigenvalue weighted by atomic mass is 9.73. The second kappa shape index (κ2) is 9.28. The summed E-state index contributed by atoms with van der Waals surface area (Å²) in [4.78, 5) is 47.0. The smallest absolute Gasteiger partial charge is 0.325 e. The first-order valence-corrected chi connectivity index (χ1v) is 12.1. The molecule has 35 heavy (non-hydrogen) atoms. The minimum atomic E-state index is -1.11. The van der Waals surface area contributed by atoms with Crippen LogP contribution in [0.15, 0.2) is 42.6 Å². The van der Waals surface area contributed by atoms with Gasteiger partial charge in [0.1, 0.15) is 16.9 Å². The van der Waals surface area contributed by atoms with E-state index >= 15 is 0 Å². The van der Waals surface area contributed by atoms with E-state index in [2.05, 4.69) is 10.3 Å². The highest BCUT2D eigenvalue weighted by atomic mass is 19.1. The fraction of sp³-hybridized carbons (Fsp3) is 0.462. The molecule has 184 valence electrons. The normalized spacial score (nSPS) is 22.9. The summed E-state index contributed by atoms with van der Waals surface area (Å²) in [5.41, 5.74) is 0.0764. The third-order valence-electron chi connectivity index (χ3n) is 7.41. The molecule has 8 nitrogen and oxygen atoms in total. The lowest BCUT2D eigenvalue weighted by Crippen LogP contribution is -2.58. The summed E-state index contributed by atoms with van der Waals surface area (Å²) in [5, 5.41) is 3.04. The van der Waals surface area contributed by atoms with Crippen LogP contribution in [-0.4, -0.2) is 64.9 Å². The van der Waals surface area contributed by atoms with Crippen molar-refractivity contribution >= 4 is 17.8 Å². The zero-order valence-corrected chi connectivity index (χ0v) is 19.7. The van der Waals surface area contributed by atoms with E-state index in [-0.39, 0.29) is 41.9 Å². The Morgan fingerprint density at radius 3 is 2.51 bits per heavy atom. The van der Waals surface area contributed by atoms with Crippen LogP contribution in [0, 0.1) is 17.7 Å². The Hall–Kier alpha value is -3.49. The number of imide groups is 1. The molecule has 9 heteroatoms. The predicted octanol–water partition coefficient (Wildman–Crippen LogP) is 3.02. The summed E-state index contributed by atoms with van der Waals surface area (Å²) in [6.07, 6.45) is 5.02. The van der Waals surface area contributed by atoms with Crippen LogP contribution in [0.4, 0.5) is 9.18 Å². The van der Waals surface area contributed by atoms with Crippen molar-refractivity contribution in [2.45, 2.75) is 37.6 Å². The Morgan fingerprint density at radius 2 is 1.86 bits per heavy atom. The minimum Gasteiger partial charge on any atom is -0.480 e. The van der Waals surface area contributed by atoms with Crippen LogP contribution in [-0.2, 0) is 11.2 Å². The second-order valence-electron chi connectivity index (χ2n) is 9.69. The molecular weight excluding hydrogens is 451 g/mol. The van der Waals surface area contributed by atoms with Gasteiger partial charge in [0, 0.05) is 32.3 Å². The number of urea groups is 1. The van der Waals surface area contributed by atoms with Crippen LogP contribution in [0.1, 0.15) is 41.6 Å². The Balaban J connectivity index is 1.37. The van der Waals surface area contributed by atoms with Gasteiger partial charge in [-0.2, -0.15) is 0 Å². The number of amides is 4. The van der Waals surface area contributed by atoms with Crippen LogP contribution in [0.2, 0.25) is 0 Å². The Kier molecular flexibility index (Phi) is 6.17. The molecule has 1 atom stereocenters. The minimum absolute atomic E-state index is 0.159. The number of rotatable bonds is 7. The lowest BCUT2D eigenvalue weighted by Gasteiger charge is -2.41. The number of hydrogen-bond acceptors (Lipinski definition) is 5. The predicted molar refractivity (Wildman–Crippen MR) is 125 cm³/mol. The molecule has 0 unspecified atom stereocenters. The van der Waals surface area contributed by atoms with Crippen molar-refractivity contribution in [3.63, 3.8) is 0 Å². The van der Waals surface area contributed by atoms with E-state index in [9.17, 15) is 18.8 Å². The maximum absolute atomic E-state index is 13.8. The number of nitrogens with zero attached hydrogens (tertiary/aromatic N) is 3. The van der Waals surface area contributed by atoms with Gasteiger partial charge < -0.3 is 15.0 Å². The molecular formula is C26H29FN4O4. The van der Waals surface area contributed by atoms with Crippen molar-refractivity contribution in [3.05, 3.63) is 59.5 Å². The number of aromatic nitrogens is 1. The maximum Gasteiger partial charge on any atom is 0.325 e. The van der Waals surface area contributed by atoms with Crippen molar-refractivity contribution in [1.29, 1.82) is 0 Å². The molecule has 5 rings (SSSR count). The van der Waals surface area contributed by atoms with E-state index in [0.29, 0.717) is 44.0 Å². The molecule has 3 heterocycles. The standard InChI is InChI=1S/C26H29FN4O4/c1-35-22-21(3-2-12-28-22)23(32)30-13-10-19(11-14-30)26(15-17-6-8-20(27)9-7-17)24(33)31(25(34)29-26)16-18-4-5-18/h2-3,6-9,12,18-19H,4-5,10-11,13-16H2,1H3,(H,29,34)/t26-/m0/s1. The largest absolute Gasteiger partial charge is 0.480 e. The van der Waals surface area contributed by atoms with Gasteiger partial charge in [0.05, 0.1) is 7.11 Å². The molecule has 0 radical (unpaired) electrons. The van der Waals surface area contributed by atoms with Crippen molar-refractivity contribution in [3.8, 4) is 5.88 Å². The van der Waals surface area contributed by atoms with Gasteiger partial charge in [-0.3, -0.25) is 14.5 Å². The number of methoxy groups -OCH3 is 1. The number of benzene rings is 1. The zero-order chi connectivity index (χ0) is 24.6. The highest BCUT2D eigenvalue weighted by Crippen LogP contribution is 2.39. The summed E-state index contributed by atoms with van der Waals surface area (Å²) < 4.78 is 18.8. The summed E-state index contributed by atoms with van der Waals surface area (Å²) in [5.74, 6) is -0.234. The highest BCUT2D eigenvalue weighted by molar-refractivity contribution is 6.07. The Labute approximate surface area is 203 Å². The van der Waals surface area contributed by atoms with Gasteiger partial charge in [0.2, 0.25) is 5.88 Å². The van der Waals surface area contributed by atoms with Crippen molar-refractivity contribution in [2.24, 2.45) is 11.8 Å². The number of nitrogens with one attached hydrogen (secondary N) is 1. The number of ether oxygens (including phenoxy) is 1. The molecule has 3 fully saturated rings. The van der Waals surface area contributed by atoms with Gasteiger partial charge in [-0.25, -0.2) is 14.2 Å². The fourth-order valence-corrected chi connectivity index (χ4v) is 5.30. The first-order valence-electron chi connectivity index (χ1n) is 12.1. The molecule has 2 aliphatic heterocycles. The molecule has 1 aliphatic carbocycles. The average Bonchev–Trinajstić information content (AvgIpc) is 3.68. The van der Waals surface area contributed by atoms with E-state index in [1.54, 1.807) is 35.4 Å². The lowest BCUT2D eigenvalue weighted by molar-refractivity contribution is -0.134. The molecule has 0 bridgehead atoms. The summed E-state index contributed by atoms with van der Waals surface area (Å²) in [6.45, 7) is 1.32. The Bertz CT molecular complexity index is 1130. The molecule has 1 aromatic heterocycles. The number of carbonyl (C=O) groups is 3. The van der Waals surface area contributed by atoms with Gasteiger partial charge in [-0.15, -0.1) is 0 Å². The molecule has 4 amide bonds. The highest BCUT2D eigenvalue weighted by Gasteiger charge is 2.56.